The summed E-state index contributed by atoms with van der Waals surface area (Å²) < 4.78 is 23.1. The zero-order valence-electron chi connectivity index (χ0n) is 13.5. The van der Waals surface area contributed by atoms with Crippen LogP contribution in [-0.4, -0.2) is 49.7 Å². The van der Waals surface area contributed by atoms with E-state index in [1.54, 1.807) is 4.90 Å². The predicted molar refractivity (Wildman–Crippen MR) is 91.1 cm³/mol. The Morgan fingerprint density at radius 3 is 2.50 bits per heavy atom. The molecule has 3 rings (SSSR count). The van der Waals surface area contributed by atoms with E-state index in [1.165, 1.54) is 0 Å². The summed E-state index contributed by atoms with van der Waals surface area (Å²) in [5.74, 6) is -0.851. The number of likely N-dealkylation sites (tertiary alicyclic amines) is 1. The van der Waals surface area contributed by atoms with E-state index >= 15 is 0 Å². The molecular formula is C17H22N2O4S. The maximum atomic E-state index is 12.5. The molecule has 6 nitrogen and oxygen atoms in total. The molecule has 0 saturated carbocycles. The number of amides is 2. The highest BCUT2D eigenvalue weighted by molar-refractivity contribution is 7.91. The summed E-state index contributed by atoms with van der Waals surface area (Å²) in [6, 6.07) is 9.24. The van der Waals surface area contributed by atoms with E-state index in [0.717, 1.165) is 18.5 Å². The van der Waals surface area contributed by atoms with Crippen molar-refractivity contribution in [1.29, 1.82) is 0 Å². The first kappa shape index (κ1) is 17.0. The van der Waals surface area contributed by atoms with Gasteiger partial charge in [0.15, 0.2) is 9.84 Å². The number of anilines is 1. The third-order valence-corrected chi connectivity index (χ3v) is 6.49. The smallest absolute Gasteiger partial charge is 0.229 e. The number of benzene rings is 1. The summed E-state index contributed by atoms with van der Waals surface area (Å²) in [7, 11) is -3.08. The van der Waals surface area contributed by atoms with Gasteiger partial charge < -0.3 is 10.2 Å². The van der Waals surface area contributed by atoms with Gasteiger partial charge in [-0.3, -0.25) is 9.59 Å². The van der Waals surface area contributed by atoms with Gasteiger partial charge in [-0.05, 0) is 31.4 Å². The minimum absolute atomic E-state index is 0.0524. The fraction of sp³-hybridized carbons (Fsp3) is 0.529. The minimum Gasteiger partial charge on any atom is -0.342 e. The normalized spacial score (nSPS) is 26.1. The summed E-state index contributed by atoms with van der Waals surface area (Å²) >= 11 is 0. The zero-order valence-corrected chi connectivity index (χ0v) is 14.3. The van der Waals surface area contributed by atoms with Gasteiger partial charge in [0.25, 0.3) is 0 Å². The van der Waals surface area contributed by atoms with Crippen molar-refractivity contribution in [3.05, 3.63) is 30.3 Å². The highest BCUT2D eigenvalue weighted by Gasteiger charge is 2.37. The van der Waals surface area contributed by atoms with Gasteiger partial charge in [-0.15, -0.1) is 0 Å². The third kappa shape index (κ3) is 3.95. The van der Waals surface area contributed by atoms with Crippen LogP contribution in [0.2, 0.25) is 0 Å². The second-order valence-corrected chi connectivity index (χ2v) is 8.81. The van der Waals surface area contributed by atoms with Gasteiger partial charge in [-0.2, -0.15) is 0 Å². The molecule has 0 aliphatic carbocycles. The van der Waals surface area contributed by atoms with Gasteiger partial charge in [0.05, 0.1) is 23.3 Å². The van der Waals surface area contributed by atoms with Crippen molar-refractivity contribution in [3.8, 4) is 0 Å². The number of nitrogens with zero attached hydrogens (tertiary/aromatic N) is 1. The van der Waals surface area contributed by atoms with E-state index in [2.05, 4.69) is 5.32 Å². The van der Waals surface area contributed by atoms with E-state index in [0.29, 0.717) is 19.5 Å². The molecule has 2 saturated heterocycles. The van der Waals surface area contributed by atoms with E-state index < -0.39 is 15.8 Å². The molecule has 0 unspecified atom stereocenters. The largest absolute Gasteiger partial charge is 0.342 e. The van der Waals surface area contributed by atoms with Gasteiger partial charge in [0.2, 0.25) is 11.8 Å². The number of carbonyl (C=O) groups excluding carboxylic acids is 2. The Balaban J connectivity index is 1.60. The van der Waals surface area contributed by atoms with Crippen LogP contribution in [0.15, 0.2) is 30.3 Å². The van der Waals surface area contributed by atoms with Crippen LogP contribution in [0.25, 0.3) is 0 Å². The Labute approximate surface area is 142 Å². The molecule has 2 fully saturated rings. The number of para-hydroxylation sites is 1. The maximum Gasteiger partial charge on any atom is 0.229 e. The molecule has 1 N–H and O–H groups in total. The monoisotopic (exact) mass is 350 g/mol. The molecule has 2 atom stereocenters. The molecule has 24 heavy (non-hydrogen) atoms. The number of sulfone groups is 1. The van der Waals surface area contributed by atoms with Crippen LogP contribution in [0, 0.1) is 11.8 Å². The second-order valence-electron chi connectivity index (χ2n) is 6.58. The molecule has 2 aliphatic heterocycles. The standard InChI is InChI=1S/C17H22N2O4S/c20-16(18-15-6-2-1-3-7-15)13-5-4-9-19(11-13)17(21)14-8-10-24(22,23)12-14/h1-3,6-7,13-14H,4-5,8-12H2,(H,18,20)/t13-,14-/m0/s1. The van der Waals surface area contributed by atoms with E-state index in [1.807, 2.05) is 30.3 Å². The summed E-state index contributed by atoms with van der Waals surface area (Å²) in [6.07, 6.45) is 1.90. The topological polar surface area (TPSA) is 83.6 Å². The van der Waals surface area contributed by atoms with E-state index in [4.69, 9.17) is 0 Å². The van der Waals surface area contributed by atoms with Crippen LogP contribution < -0.4 is 5.32 Å². The zero-order chi connectivity index (χ0) is 17.2. The van der Waals surface area contributed by atoms with Crippen molar-refractivity contribution >= 4 is 27.3 Å². The van der Waals surface area contributed by atoms with E-state index in [9.17, 15) is 18.0 Å². The van der Waals surface area contributed by atoms with Gasteiger partial charge in [0.1, 0.15) is 0 Å². The molecule has 0 spiro atoms. The highest BCUT2D eigenvalue weighted by atomic mass is 32.2. The lowest BCUT2D eigenvalue weighted by Crippen LogP contribution is -2.46. The van der Waals surface area contributed by atoms with Gasteiger partial charge in [-0.1, -0.05) is 18.2 Å². The molecule has 2 aliphatic rings. The van der Waals surface area contributed by atoms with E-state index in [-0.39, 0.29) is 29.2 Å². The molecule has 1 aromatic carbocycles. The number of piperidine rings is 1. The third-order valence-electron chi connectivity index (χ3n) is 4.73. The molecule has 2 amide bonds. The van der Waals surface area contributed by atoms with Crippen molar-refractivity contribution in [2.45, 2.75) is 19.3 Å². The molecule has 2 heterocycles. The number of nitrogens with one attached hydrogen (secondary N) is 1. The Hall–Kier alpha value is -1.89. The van der Waals surface area contributed by atoms with Crippen molar-refractivity contribution in [1.82, 2.24) is 4.90 Å². The molecule has 0 aromatic heterocycles. The van der Waals surface area contributed by atoms with Crippen LogP contribution in [0.1, 0.15) is 19.3 Å². The summed E-state index contributed by atoms with van der Waals surface area (Å²) in [6.45, 7) is 0.971. The average Bonchev–Trinajstić information content (AvgIpc) is 2.95. The van der Waals surface area contributed by atoms with Crippen molar-refractivity contribution in [2.24, 2.45) is 11.8 Å². The Morgan fingerprint density at radius 1 is 1.08 bits per heavy atom. The average molecular weight is 350 g/mol. The second kappa shape index (κ2) is 6.93. The number of rotatable bonds is 3. The summed E-state index contributed by atoms with van der Waals surface area (Å²) in [5.41, 5.74) is 0.743. The Morgan fingerprint density at radius 2 is 1.83 bits per heavy atom. The van der Waals surface area contributed by atoms with Gasteiger partial charge >= 0.3 is 0 Å². The van der Waals surface area contributed by atoms with Crippen LogP contribution in [-0.2, 0) is 19.4 Å². The molecule has 0 bridgehead atoms. The number of hydrogen-bond acceptors (Lipinski definition) is 4. The molecule has 130 valence electrons. The number of carbonyl (C=O) groups is 2. The first-order chi connectivity index (χ1) is 11.4. The first-order valence-electron chi connectivity index (χ1n) is 8.30. The Kier molecular flexibility index (Phi) is 4.89. The van der Waals surface area contributed by atoms with Gasteiger partial charge in [-0.25, -0.2) is 8.42 Å². The molecule has 1 aromatic rings. The van der Waals surface area contributed by atoms with Crippen molar-refractivity contribution in [3.63, 3.8) is 0 Å². The van der Waals surface area contributed by atoms with Gasteiger partial charge in [0, 0.05) is 18.8 Å². The van der Waals surface area contributed by atoms with Crippen LogP contribution in [0.5, 0.6) is 0 Å². The summed E-state index contributed by atoms with van der Waals surface area (Å²) in [5, 5.41) is 2.88. The fourth-order valence-electron chi connectivity index (χ4n) is 3.41. The molecular weight excluding hydrogens is 328 g/mol. The van der Waals surface area contributed by atoms with Crippen molar-refractivity contribution < 1.29 is 18.0 Å². The fourth-order valence-corrected chi connectivity index (χ4v) is 5.14. The molecule has 7 heteroatoms. The lowest BCUT2D eigenvalue weighted by molar-refractivity contribution is -0.137. The first-order valence-corrected chi connectivity index (χ1v) is 10.1. The Bertz CT molecular complexity index is 717. The van der Waals surface area contributed by atoms with Crippen LogP contribution >= 0.6 is 0 Å². The molecule has 0 radical (unpaired) electrons. The summed E-state index contributed by atoms with van der Waals surface area (Å²) in [4.78, 5) is 26.6. The quantitative estimate of drug-likeness (QED) is 0.891. The maximum absolute atomic E-state index is 12.5. The lowest BCUT2D eigenvalue weighted by Gasteiger charge is -2.33. The van der Waals surface area contributed by atoms with Crippen molar-refractivity contribution in [2.75, 3.05) is 29.9 Å². The SMILES string of the molecule is O=C(Nc1ccccc1)[C@H]1CCCN(C(=O)[C@H]2CCS(=O)(=O)C2)C1. The minimum atomic E-state index is -3.08. The van der Waals surface area contributed by atoms with Crippen LogP contribution in [0.4, 0.5) is 5.69 Å². The van der Waals surface area contributed by atoms with Crippen LogP contribution in [0.3, 0.4) is 0 Å². The number of hydrogen-bond donors (Lipinski definition) is 1. The predicted octanol–water partition coefficient (Wildman–Crippen LogP) is 1.30. The lowest BCUT2D eigenvalue weighted by atomic mass is 9.95. The highest BCUT2D eigenvalue weighted by Crippen LogP contribution is 2.25.